The standard InChI is InChI=1S/C17H19N3O3/c1-3-23-17(22)15-13-10-20(9-8-14(13)18-19-15)16(21)12-7-5-4-6-11(12)2/h4-7H,3,8-10H2,1-2H3,(H,18,19). The molecular weight excluding hydrogens is 294 g/mol. The number of hydrogen-bond donors (Lipinski definition) is 1. The third-order valence-electron chi connectivity index (χ3n) is 4.06. The molecule has 0 aliphatic carbocycles. The summed E-state index contributed by atoms with van der Waals surface area (Å²) in [5.74, 6) is -0.472. The number of H-pyrrole nitrogens is 1. The highest BCUT2D eigenvalue weighted by Crippen LogP contribution is 2.23. The highest BCUT2D eigenvalue weighted by atomic mass is 16.5. The van der Waals surface area contributed by atoms with Gasteiger partial charge in [0.15, 0.2) is 5.69 Å². The Bertz CT molecular complexity index is 751. The lowest BCUT2D eigenvalue weighted by Gasteiger charge is -2.27. The number of aryl methyl sites for hydroxylation is 1. The normalized spacial score (nSPS) is 13.6. The van der Waals surface area contributed by atoms with Crippen LogP contribution in [0.2, 0.25) is 0 Å². The molecule has 0 fully saturated rings. The molecule has 1 aromatic heterocycles. The van der Waals surface area contributed by atoms with E-state index >= 15 is 0 Å². The van der Waals surface area contributed by atoms with Crippen molar-refractivity contribution in [2.24, 2.45) is 0 Å². The molecule has 1 N–H and O–H groups in total. The Labute approximate surface area is 134 Å². The number of esters is 1. The molecule has 0 spiro atoms. The van der Waals surface area contributed by atoms with Crippen LogP contribution >= 0.6 is 0 Å². The van der Waals surface area contributed by atoms with Crippen molar-refractivity contribution >= 4 is 11.9 Å². The number of carbonyl (C=O) groups is 2. The lowest BCUT2D eigenvalue weighted by molar-refractivity contribution is 0.0513. The maximum Gasteiger partial charge on any atom is 0.359 e. The monoisotopic (exact) mass is 313 g/mol. The molecule has 0 atom stereocenters. The summed E-state index contributed by atoms with van der Waals surface area (Å²) in [6, 6.07) is 7.52. The van der Waals surface area contributed by atoms with Gasteiger partial charge in [0, 0.05) is 29.8 Å². The smallest absolute Gasteiger partial charge is 0.359 e. The van der Waals surface area contributed by atoms with Crippen molar-refractivity contribution in [2.75, 3.05) is 13.2 Å². The number of aromatic nitrogens is 2. The number of amides is 1. The van der Waals surface area contributed by atoms with Crippen LogP contribution < -0.4 is 0 Å². The van der Waals surface area contributed by atoms with Crippen molar-refractivity contribution in [3.8, 4) is 0 Å². The van der Waals surface area contributed by atoms with Gasteiger partial charge in [-0.05, 0) is 25.5 Å². The minimum atomic E-state index is -0.449. The Hall–Kier alpha value is -2.63. The van der Waals surface area contributed by atoms with Gasteiger partial charge in [-0.1, -0.05) is 18.2 Å². The van der Waals surface area contributed by atoms with Gasteiger partial charge in [0.25, 0.3) is 5.91 Å². The first kappa shape index (κ1) is 15.3. The van der Waals surface area contributed by atoms with Crippen molar-refractivity contribution in [1.29, 1.82) is 0 Å². The summed E-state index contributed by atoms with van der Waals surface area (Å²) in [5, 5.41) is 6.95. The molecule has 1 aromatic carbocycles. The summed E-state index contributed by atoms with van der Waals surface area (Å²) in [6.45, 7) is 4.94. The van der Waals surface area contributed by atoms with Crippen molar-refractivity contribution in [1.82, 2.24) is 15.1 Å². The highest BCUT2D eigenvalue weighted by molar-refractivity contribution is 5.96. The molecule has 6 nitrogen and oxygen atoms in total. The fourth-order valence-corrected chi connectivity index (χ4v) is 2.82. The van der Waals surface area contributed by atoms with Gasteiger partial charge in [0.05, 0.1) is 13.2 Å². The lowest BCUT2D eigenvalue weighted by atomic mass is 10.0. The van der Waals surface area contributed by atoms with Gasteiger partial charge in [-0.3, -0.25) is 9.89 Å². The van der Waals surface area contributed by atoms with E-state index in [0.717, 1.165) is 16.8 Å². The molecule has 0 unspecified atom stereocenters. The molecule has 0 saturated carbocycles. The third kappa shape index (κ3) is 2.84. The molecule has 1 aliphatic heterocycles. The Balaban J connectivity index is 1.85. The zero-order valence-electron chi connectivity index (χ0n) is 13.3. The number of hydrogen-bond acceptors (Lipinski definition) is 4. The third-order valence-corrected chi connectivity index (χ3v) is 4.06. The fourth-order valence-electron chi connectivity index (χ4n) is 2.82. The van der Waals surface area contributed by atoms with Crippen LogP contribution in [0.25, 0.3) is 0 Å². The number of nitrogens with zero attached hydrogens (tertiary/aromatic N) is 2. The Morgan fingerprint density at radius 1 is 1.35 bits per heavy atom. The van der Waals surface area contributed by atoms with E-state index in [0.29, 0.717) is 31.7 Å². The SMILES string of the molecule is CCOC(=O)c1n[nH]c2c1CN(C(=O)c1ccccc1C)CC2. The van der Waals surface area contributed by atoms with E-state index in [1.54, 1.807) is 11.8 Å². The van der Waals surface area contributed by atoms with E-state index in [4.69, 9.17) is 4.74 Å². The van der Waals surface area contributed by atoms with Crippen LogP contribution in [0.3, 0.4) is 0 Å². The molecule has 120 valence electrons. The van der Waals surface area contributed by atoms with E-state index in [2.05, 4.69) is 10.2 Å². The second-order valence-electron chi connectivity index (χ2n) is 5.54. The van der Waals surface area contributed by atoms with E-state index < -0.39 is 5.97 Å². The van der Waals surface area contributed by atoms with Gasteiger partial charge < -0.3 is 9.64 Å². The predicted molar refractivity (Wildman–Crippen MR) is 84.2 cm³/mol. The van der Waals surface area contributed by atoms with Gasteiger partial charge in [0.2, 0.25) is 0 Å². The van der Waals surface area contributed by atoms with Crippen molar-refractivity contribution in [3.05, 3.63) is 52.3 Å². The number of nitrogens with one attached hydrogen (secondary N) is 1. The quantitative estimate of drug-likeness (QED) is 0.881. The molecule has 1 aliphatic rings. The van der Waals surface area contributed by atoms with Gasteiger partial charge in [-0.15, -0.1) is 0 Å². The van der Waals surface area contributed by atoms with Crippen LogP contribution in [-0.2, 0) is 17.7 Å². The van der Waals surface area contributed by atoms with Gasteiger partial charge >= 0.3 is 5.97 Å². The number of benzene rings is 1. The summed E-state index contributed by atoms with van der Waals surface area (Å²) < 4.78 is 5.03. The number of fused-ring (bicyclic) bond motifs is 1. The van der Waals surface area contributed by atoms with Crippen molar-refractivity contribution in [3.63, 3.8) is 0 Å². The topological polar surface area (TPSA) is 75.3 Å². The molecule has 23 heavy (non-hydrogen) atoms. The molecule has 6 heteroatoms. The zero-order chi connectivity index (χ0) is 16.4. The first-order chi connectivity index (χ1) is 11.1. The number of ether oxygens (including phenoxy) is 1. The van der Waals surface area contributed by atoms with Crippen LogP contribution in [0.1, 0.15) is 44.6 Å². The number of rotatable bonds is 3. The van der Waals surface area contributed by atoms with E-state index in [1.165, 1.54) is 0 Å². The summed E-state index contributed by atoms with van der Waals surface area (Å²) in [7, 11) is 0. The average molecular weight is 313 g/mol. The van der Waals surface area contributed by atoms with Crippen LogP contribution in [0, 0.1) is 6.92 Å². The molecule has 2 heterocycles. The van der Waals surface area contributed by atoms with Crippen molar-refractivity contribution < 1.29 is 14.3 Å². The molecule has 1 amide bonds. The minimum Gasteiger partial charge on any atom is -0.461 e. The number of aromatic amines is 1. The Kier molecular flexibility index (Phi) is 4.14. The largest absolute Gasteiger partial charge is 0.461 e. The van der Waals surface area contributed by atoms with Crippen LogP contribution in [0.4, 0.5) is 0 Å². The predicted octanol–water partition coefficient (Wildman–Crippen LogP) is 2.09. The van der Waals surface area contributed by atoms with Crippen LogP contribution in [0.5, 0.6) is 0 Å². The molecule has 0 saturated heterocycles. The van der Waals surface area contributed by atoms with Gasteiger partial charge in [-0.25, -0.2) is 4.79 Å². The summed E-state index contributed by atoms with van der Waals surface area (Å²) >= 11 is 0. The van der Waals surface area contributed by atoms with E-state index in [-0.39, 0.29) is 11.6 Å². The van der Waals surface area contributed by atoms with Crippen LogP contribution in [-0.4, -0.2) is 40.1 Å². The molecule has 0 bridgehead atoms. The maximum atomic E-state index is 12.7. The fraction of sp³-hybridized carbons (Fsp3) is 0.353. The van der Waals surface area contributed by atoms with Crippen molar-refractivity contribution in [2.45, 2.75) is 26.8 Å². The van der Waals surface area contributed by atoms with Gasteiger partial charge in [-0.2, -0.15) is 5.10 Å². The second-order valence-corrected chi connectivity index (χ2v) is 5.54. The summed E-state index contributed by atoms with van der Waals surface area (Å²) in [4.78, 5) is 26.5. The molecule has 3 rings (SSSR count). The Morgan fingerprint density at radius 2 is 2.13 bits per heavy atom. The second kappa shape index (κ2) is 6.24. The maximum absolute atomic E-state index is 12.7. The molecule has 0 radical (unpaired) electrons. The highest BCUT2D eigenvalue weighted by Gasteiger charge is 2.29. The molecular formula is C17H19N3O3. The van der Waals surface area contributed by atoms with E-state index in [1.807, 2.05) is 31.2 Å². The average Bonchev–Trinajstić information content (AvgIpc) is 2.98. The first-order valence-corrected chi connectivity index (χ1v) is 7.70. The van der Waals surface area contributed by atoms with Gasteiger partial charge in [0.1, 0.15) is 0 Å². The van der Waals surface area contributed by atoms with E-state index in [9.17, 15) is 9.59 Å². The first-order valence-electron chi connectivity index (χ1n) is 7.70. The van der Waals surface area contributed by atoms with Crippen LogP contribution in [0.15, 0.2) is 24.3 Å². The minimum absolute atomic E-state index is 0.0234. The zero-order valence-corrected chi connectivity index (χ0v) is 13.3. The summed E-state index contributed by atoms with van der Waals surface area (Å²) in [5.41, 5.74) is 3.58. The lowest BCUT2D eigenvalue weighted by Crippen LogP contribution is -2.36. The number of carbonyl (C=O) groups excluding carboxylic acids is 2. The Morgan fingerprint density at radius 3 is 2.87 bits per heavy atom. The molecule has 2 aromatic rings. The summed E-state index contributed by atoms with van der Waals surface area (Å²) in [6.07, 6.45) is 0.652.